The van der Waals surface area contributed by atoms with Crippen LogP contribution >= 0.6 is 0 Å². The number of piperazine rings is 1. The number of amides is 2. The molecule has 6 heteroatoms. The molecule has 2 aliphatic heterocycles. The van der Waals surface area contributed by atoms with Crippen LogP contribution in [0.15, 0.2) is 18.2 Å². The van der Waals surface area contributed by atoms with E-state index in [1.807, 2.05) is 29.7 Å². The Bertz CT molecular complexity index is 719. The zero-order valence-corrected chi connectivity index (χ0v) is 17.5. The van der Waals surface area contributed by atoms with Gasteiger partial charge in [0.05, 0.1) is 6.54 Å². The average molecular weight is 388 g/mol. The van der Waals surface area contributed by atoms with Crippen LogP contribution in [0.2, 0.25) is 0 Å². The molecule has 0 aromatic heterocycles. The highest BCUT2D eigenvalue weighted by atomic mass is 16.5. The first-order valence-corrected chi connectivity index (χ1v) is 10.4. The summed E-state index contributed by atoms with van der Waals surface area (Å²) >= 11 is 0. The standard InChI is InChI=1S/C22H33N3O3/c1-15(2)19-8-7-16(3)12-20(19)28-17(4)22(27)24-10-5-6-18(14-24)25-11-9-23-13-21(25)26/h7-8,12,15,17-18,23H,5-6,9-11,13-14H2,1-4H3. The first kappa shape index (κ1) is 20.6. The van der Waals surface area contributed by atoms with Crippen LogP contribution in [0.4, 0.5) is 0 Å². The third-order valence-corrected chi connectivity index (χ3v) is 5.72. The minimum Gasteiger partial charge on any atom is -0.481 e. The summed E-state index contributed by atoms with van der Waals surface area (Å²) < 4.78 is 6.12. The Kier molecular flexibility index (Phi) is 6.60. The van der Waals surface area contributed by atoms with E-state index in [2.05, 4.69) is 31.3 Å². The van der Waals surface area contributed by atoms with Crippen LogP contribution < -0.4 is 10.1 Å². The predicted molar refractivity (Wildman–Crippen MR) is 110 cm³/mol. The lowest BCUT2D eigenvalue weighted by atomic mass is 10.0. The van der Waals surface area contributed by atoms with Crippen LogP contribution in [0, 0.1) is 6.92 Å². The quantitative estimate of drug-likeness (QED) is 0.842. The van der Waals surface area contributed by atoms with Crippen LogP contribution in [0.1, 0.15) is 50.7 Å². The second-order valence-electron chi connectivity index (χ2n) is 8.30. The van der Waals surface area contributed by atoms with E-state index >= 15 is 0 Å². The number of carbonyl (C=O) groups excluding carboxylic acids is 2. The fraction of sp³-hybridized carbons (Fsp3) is 0.636. The van der Waals surface area contributed by atoms with Gasteiger partial charge in [0.25, 0.3) is 5.91 Å². The molecule has 2 fully saturated rings. The molecule has 0 saturated carbocycles. The van der Waals surface area contributed by atoms with Crippen molar-refractivity contribution in [3.8, 4) is 5.75 Å². The van der Waals surface area contributed by atoms with Crippen molar-refractivity contribution in [1.29, 1.82) is 0 Å². The fourth-order valence-corrected chi connectivity index (χ4v) is 4.14. The van der Waals surface area contributed by atoms with E-state index in [1.165, 1.54) is 0 Å². The number of nitrogens with zero attached hydrogens (tertiary/aromatic N) is 2. The molecule has 2 atom stereocenters. The summed E-state index contributed by atoms with van der Waals surface area (Å²) in [5.74, 6) is 1.26. The molecular weight excluding hydrogens is 354 g/mol. The number of aryl methyl sites for hydroxylation is 1. The van der Waals surface area contributed by atoms with Gasteiger partial charge in [-0.05, 0) is 49.8 Å². The van der Waals surface area contributed by atoms with Crippen LogP contribution in [0.25, 0.3) is 0 Å². The molecule has 154 valence electrons. The maximum absolute atomic E-state index is 13.1. The number of piperidine rings is 1. The third-order valence-electron chi connectivity index (χ3n) is 5.72. The molecule has 1 aromatic carbocycles. The lowest BCUT2D eigenvalue weighted by Crippen LogP contribution is -2.58. The number of benzene rings is 1. The predicted octanol–water partition coefficient (Wildman–Crippen LogP) is 2.31. The molecule has 3 rings (SSSR count). The fourth-order valence-electron chi connectivity index (χ4n) is 4.14. The molecule has 2 heterocycles. The Morgan fingerprint density at radius 1 is 1.25 bits per heavy atom. The van der Waals surface area contributed by atoms with Gasteiger partial charge in [-0.3, -0.25) is 9.59 Å². The summed E-state index contributed by atoms with van der Waals surface area (Å²) in [7, 11) is 0. The van der Waals surface area contributed by atoms with Gasteiger partial charge in [-0.15, -0.1) is 0 Å². The van der Waals surface area contributed by atoms with Crippen molar-refractivity contribution in [1.82, 2.24) is 15.1 Å². The van der Waals surface area contributed by atoms with E-state index in [9.17, 15) is 9.59 Å². The number of carbonyl (C=O) groups is 2. The third kappa shape index (κ3) is 4.66. The van der Waals surface area contributed by atoms with Gasteiger partial charge in [0.1, 0.15) is 5.75 Å². The zero-order valence-electron chi connectivity index (χ0n) is 17.5. The summed E-state index contributed by atoms with van der Waals surface area (Å²) in [5, 5.41) is 3.11. The van der Waals surface area contributed by atoms with Crippen molar-refractivity contribution in [2.24, 2.45) is 0 Å². The number of nitrogens with one attached hydrogen (secondary N) is 1. The molecule has 1 aromatic rings. The summed E-state index contributed by atoms with van der Waals surface area (Å²) in [6.45, 7) is 11.4. The van der Waals surface area contributed by atoms with Gasteiger partial charge in [0, 0.05) is 32.2 Å². The maximum Gasteiger partial charge on any atom is 0.263 e. The van der Waals surface area contributed by atoms with Gasteiger partial charge in [-0.1, -0.05) is 26.0 Å². The van der Waals surface area contributed by atoms with E-state index in [0.29, 0.717) is 19.0 Å². The molecule has 6 nitrogen and oxygen atoms in total. The Labute approximate surface area is 168 Å². The maximum atomic E-state index is 13.1. The number of likely N-dealkylation sites (tertiary alicyclic amines) is 1. The van der Waals surface area contributed by atoms with E-state index < -0.39 is 6.10 Å². The smallest absolute Gasteiger partial charge is 0.263 e. The Hall–Kier alpha value is -2.08. The first-order chi connectivity index (χ1) is 13.4. The average Bonchev–Trinajstić information content (AvgIpc) is 2.67. The van der Waals surface area contributed by atoms with Crippen LogP contribution in [0.5, 0.6) is 5.75 Å². The Morgan fingerprint density at radius 3 is 2.75 bits per heavy atom. The monoisotopic (exact) mass is 387 g/mol. The van der Waals surface area contributed by atoms with Crippen molar-refractivity contribution in [3.63, 3.8) is 0 Å². The molecule has 0 radical (unpaired) electrons. The van der Waals surface area contributed by atoms with Crippen molar-refractivity contribution in [2.75, 3.05) is 32.7 Å². The second-order valence-corrected chi connectivity index (χ2v) is 8.30. The second kappa shape index (κ2) is 8.95. The summed E-state index contributed by atoms with van der Waals surface area (Å²) in [5.41, 5.74) is 2.24. The lowest BCUT2D eigenvalue weighted by molar-refractivity contribution is -0.144. The van der Waals surface area contributed by atoms with E-state index in [1.54, 1.807) is 0 Å². The normalized spacial score (nSPS) is 21.8. The number of hydrogen-bond acceptors (Lipinski definition) is 4. The number of rotatable bonds is 5. The van der Waals surface area contributed by atoms with Gasteiger partial charge in [0.2, 0.25) is 5.91 Å². The highest BCUT2D eigenvalue weighted by molar-refractivity contribution is 5.82. The summed E-state index contributed by atoms with van der Waals surface area (Å²) in [6, 6.07) is 6.29. The highest BCUT2D eigenvalue weighted by Crippen LogP contribution is 2.29. The molecule has 2 aliphatic rings. The Balaban J connectivity index is 1.66. The Morgan fingerprint density at radius 2 is 2.04 bits per heavy atom. The lowest BCUT2D eigenvalue weighted by Gasteiger charge is -2.41. The SMILES string of the molecule is Cc1ccc(C(C)C)c(OC(C)C(=O)N2CCCC(N3CCNCC3=O)C2)c1. The van der Waals surface area contributed by atoms with Crippen molar-refractivity contribution < 1.29 is 14.3 Å². The molecule has 0 bridgehead atoms. The number of hydrogen-bond donors (Lipinski definition) is 1. The first-order valence-electron chi connectivity index (χ1n) is 10.4. The summed E-state index contributed by atoms with van der Waals surface area (Å²) in [6.07, 6.45) is 1.33. The van der Waals surface area contributed by atoms with Gasteiger partial charge in [0.15, 0.2) is 6.10 Å². The van der Waals surface area contributed by atoms with Crippen LogP contribution in [-0.4, -0.2) is 66.5 Å². The van der Waals surface area contributed by atoms with Crippen molar-refractivity contribution >= 4 is 11.8 Å². The topological polar surface area (TPSA) is 61.9 Å². The molecule has 2 saturated heterocycles. The van der Waals surface area contributed by atoms with E-state index in [4.69, 9.17) is 4.74 Å². The number of ether oxygens (including phenoxy) is 1. The van der Waals surface area contributed by atoms with Crippen molar-refractivity contribution in [2.45, 2.75) is 58.6 Å². The minimum atomic E-state index is -0.545. The molecule has 0 aliphatic carbocycles. The van der Waals surface area contributed by atoms with Crippen LogP contribution in [0.3, 0.4) is 0 Å². The summed E-state index contributed by atoms with van der Waals surface area (Å²) in [4.78, 5) is 29.1. The van der Waals surface area contributed by atoms with E-state index in [-0.39, 0.29) is 17.9 Å². The zero-order chi connectivity index (χ0) is 20.3. The minimum absolute atomic E-state index is 0.00324. The van der Waals surface area contributed by atoms with Crippen LogP contribution in [-0.2, 0) is 9.59 Å². The van der Waals surface area contributed by atoms with Gasteiger partial charge in [-0.25, -0.2) is 0 Å². The van der Waals surface area contributed by atoms with Gasteiger partial charge in [-0.2, -0.15) is 0 Å². The molecule has 28 heavy (non-hydrogen) atoms. The highest BCUT2D eigenvalue weighted by Gasteiger charge is 2.33. The molecule has 1 N–H and O–H groups in total. The molecule has 0 spiro atoms. The van der Waals surface area contributed by atoms with Gasteiger partial charge < -0.3 is 19.9 Å². The molecular formula is C22H33N3O3. The van der Waals surface area contributed by atoms with Crippen molar-refractivity contribution in [3.05, 3.63) is 29.3 Å². The molecule has 2 amide bonds. The largest absolute Gasteiger partial charge is 0.481 e. The molecule has 2 unspecified atom stereocenters. The van der Waals surface area contributed by atoms with E-state index in [0.717, 1.165) is 49.4 Å². The van der Waals surface area contributed by atoms with Gasteiger partial charge >= 0.3 is 0 Å².